The summed E-state index contributed by atoms with van der Waals surface area (Å²) in [5.41, 5.74) is 0. The third-order valence-electron chi connectivity index (χ3n) is 0.902. The second-order valence-corrected chi connectivity index (χ2v) is 2.77. The summed E-state index contributed by atoms with van der Waals surface area (Å²) in [5.74, 6) is 0. The van der Waals surface area contributed by atoms with Gasteiger partial charge in [0.1, 0.15) is 0 Å². The maximum atomic E-state index is 10.1. The van der Waals surface area contributed by atoms with Crippen LogP contribution in [0.15, 0.2) is 0 Å². The van der Waals surface area contributed by atoms with Crippen LogP contribution in [0.3, 0.4) is 0 Å². The van der Waals surface area contributed by atoms with E-state index in [0.717, 1.165) is 0 Å². The molecule has 52 valence electrons. The molecule has 4 heteroatoms. The predicted octanol–water partition coefficient (Wildman–Crippen LogP) is 0.438. The molecule has 0 amide bonds. The van der Waals surface area contributed by atoms with Crippen LogP contribution in [-0.4, -0.2) is 23.9 Å². The lowest BCUT2D eigenvalue weighted by Crippen LogP contribution is -2.24. The lowest BCUT2D eigenvalue weighted by atomic mass is 10.4. The highest BCUT2D eigenvalue weighted by Gasteiger charge is 2.22. The largest absolute Gasteiger partial charge is 0.443 e. The van der Waals surface area contributed by atoms with Gasteiger partial charge < -0.3 is 4.74 Å². The minimum atomic E-state index is -0.998. The fourth-order valence-corrected chi connectivity index (χ4v) is 0.451. The topological polar surface area (TPSA) is 43.4 Å². The van der Waals surface area contributed by atoms with Crippen LogP contribution < -0.4 is 0 Å². The molecule has 9 heavy (non-hydrogen) atoms. The summed E-state index contributed by atoms with van der Waals surface area (Å²) in [5, 5.41) is 0. The highest BCUT2D eigenvalue weighted by Crippen LogP contribution is 2.19. The van der Waals surface area contributed by atoms with Gasteiger partial charge in [-0.2, -0.15) is 0 Å². The SMILES string of the molecule is CSC(C)(C=O)OC=O. The van der Waals surface area contributed by atoms with E-state index in [4.69, 9.17) is 0 Å². The molecule has 0 saturated carbocycles. The van der Waals surface area contributed by atoms with Crippen molar-refractivity contribution < 1.29 is 14.3 Å². The Morgan fingerprint density at radius 2 is 2.11 bits per heavy atom. The van der Waals surface area contributed by atoms with E-state index in [1.54, 1.807) is 6.26 Å². The Morgan fingerprint density at radius 1 is 1.56 bits per heavy atom. The van der Waals surface area contributed by atoms with E-state index in [9.17, 15) is 9.59 Å². The minimum absolute atomic E-state index is 0.269. The van der Waals surface area contributed by atoms with Crippen LogP contribution in [0.4, 0.5) is 0 Å². The van der Waals surface area contributed by atoms with Crippen LogP contribution in [0.25, 0.3) is 0 Å². The van der Waals surface area contributed by atoms with Crippen molar-refractivity contribution in [2.45, 2.75) is 11.9 Å². The van der Waals surface area contributed by atoms with Gasteiger partial charge in [0.05, 0.1) is 0 Å². The van der Waals surface area contributed by atoms with Crippen LogP contribution in [0, 0.1) is 0 Å². The quantitative estimate of drug-likeness (QED) is 0.428. The van der Waals surface area contributed by atoms with Gasteiger partial charge >= 0.3 is 0 Å². The van der Waals surface area contributed by atoms with Crippen LogP contribution >= 0.6 is 11.8 Å². The van der Waals surface area contributed by atoms with Crippen molar-refractivity contribution in [3.8, 4) is 0 Å². The molecule has 3 nitrogen and oxygen atoms in total. The molecule has 0 fully saturated rings. The van der Waals surface area contributed by atoms with Crippen LogP contribution in [0.5, 0.6) is 0 Å². The molecule has 0 aromatic rings. The Kier molecular flexibility index (Phi) is 3.30. The number of hydrogen-bond acceptors (Lipinski definition) is 4. The Morgan fingerprint density at radius 3 is 2.22 bits per heavy atom. The number of thioether (sulfide) groups is 1. The van der Waals surface area contributed by atoms with E-state index in [0.29, 0.717) is 6.29 Å². The Bertz CT molecular complexity index is 115. The zero-order valence-electron chi connectivity index (χ0n) is 5.29. The first-order valence-corrected chi connectivity index (χ1v) is 3.54. The van der Waals surface area contributed by atoms with Gasteiger partial charge in [-0.1, -0.05) is 0 Å². The second kappa shape index (κ2) is 3.50. The molecule has 0 aromatic heterocycles. The predicted molar refractivity (Wildman–Crippen MR) is 35.1 cm³/mol. The highest BCUT2D eigenvalue weighted by molar-refractivity contribution is 8.00. The summed E-state index contributed by atoms with van der Waals surface area (Å²) in [4.78, 5) is 18.9. The van der Waals surface area contributed by atoms with Gasteiger partial charge in [-0.05, 0) is 13.2 Å². The molecule has 0 aliphatic rings. The summed E-state index contributed by atoms with van der Waals surface area (Å²) >= 11 is 1.18. The molecule has 0 radical (unpaired) electrons. The summed E-state index contributed by atoms with van der Waals surface area (Å²) in [7, 11) is 0. The number of carbonyl (C=O) groups excluding carboxylic acids is 2. The Labute approximate surface area is 57.8 Å². The third kappa shape index (κ3) is 2.51. The van der Waals surface area contributed by atoms with Crippen LogP contribution in [-0.2, 0) is 14.3 Å². The van der Waals surface area contributed by atoms with E-state index < -0.39 is 4.93 Å². The standard InChI is InChI=1S/C5H8O3S/c1-5(3-6,9-2)8-4-7/h3-4H,1-2H3. The Balaban J connectivity index is 3.90. The van der Waals surface area contributed by atoms with Crippen molar-refractivity contribution in [1.82, 2.24) is 0 Å². The average Bonchev–Trinajstić information content (AvgIpc) is 1.89. The fourth-order valence-electron chi connectivity index (χ4n) is 0.220. The van der Waals surface area contributed by atoms with E-state index in [-0.39, 0.29) is 6.47 Å². The number of aldehydes is 1. The lowest BCUT2D eigenvalue weighted by Gasteiger charge is -2.16. The average molecular weight is 148 g/mol. The third-order valence-corrected chi connectivity index (χ3v) is 1.90. The van der Waals surface area contributed by atoms with Gasteiger partial charge in [0.15, 0.2) is 6.29 Å². The van der Waals surface area contributed by atoms with Gasteiger partial charge in [0.2, 0.25) is 4.93 Å². The molecular formula is C5H8O3S. The van der Waals surface area contributed by atoms with Crippen molar-refractivity contribution in [3.63, 3.8) is 0 Å². The summed E-state index contributed by atoms with van der Waals surface area (Å²) in [6.07, 6.45) is 2.28. The number of rotatable bonds is 4. The fraction of sp³-hybridized carbons (Fsp3) is 0.600. The maximum absolute atomic E-state index is 10.1. The molecule has 0 rings (SSSR count). The molecule has 0 aromatic carbocycles. The molecule has 0 aliphatic carbocycles. The van der Waals surface area contributed by atoms with Gasteiger partial charge in [-0.25, -0.2) is 0 Å². The van der Waals surface area contributed by atoms with Gasteiger partial charge in [0, 0.05) is 0 Å². The van der Waals surface area contributed by atoms with Crippen LogP contribution in [0.2, 0.25) is 0 Å². The summed E-state index contributed by atoms with van der Waals surface area (Å²) in [6, 6.07) is 0. The monoisotopic (exact) mass is 148 g/mol. The zero-order chi connectivity index (χ0) is 7.33. The van der Waals surface area contributed by atoms with Crippen molar-refractivity contribution in [1.29, 1.82) is 0 Å². The van der Waals surface area contributed by atoms with Gasteiger partial charge in [-0.15, -0.1) is 11.8 Å². The van der Waals surface area contributed by atoms with Crippen molar-refractivity contribution >= 4 is 24.5 Å². The Hall–Kier alpha value is -0.510. The molecule has 0 aliphatic heterocycles. The summed E-state index contributed by atoms with van der Waals surface area (Å²) < 4.78 is 4.44. The second-order valence-electron chi connectivity index (χ2n) is 1.55. The number of carbonyl (C=O) groups is 2. The summed E-state index contributed by atoms with van der Waals surface area (Å²) in [6.45, 7) is 1.80. The first-order valence-electron chi connectivity index (χ1n) is 2.31. The van der Waals surface area contributed by atoms with E-state index in [1.807, 2.05) is 0 Å². The van der Waals surface area contributed by atoms with E-state index in [1.165, 1.54) is 18.7 Å². The molecule has 1 unspecified atom stereocenters. The smallest absolute Gasteiger partial charge is 0.294 e. The molecule has 0 N–H and O–H groups in total. The van der Waals surface area contributed by atoms with Crippen LogP contribution in [0.1, 0.15) is 6.92 Å². The van der Waals surface area contributed by atoms with Crippen molar-refractivity contribution in [2.24, 2.45) is 0 Å². The normalized spacial score (nSPS) is 15.8. The zero-order valence-corrected chi connectivity index (χ0v) is 6.10. The molecule has 1 atom stereocenters. The molecule has 0 saturated heterocycles. The highest BCUT2D eigenvalue weighted by atomic mass is 32.2. The van der Waals surface area contributed by atoms with E-state index >= 15 is 0 Å². The number of ether oxygens (including phenoxy) is 1. The molecule has 0 spiro atoms. The minimum Gasteiger partial charge on any atom is -0.443 e. The van der Waals surface area contributed by atoms with Gasteiger partial charge in [0.25, 0.3) is 6.47 Å². The lowest BCUT2D eigenvalue weighted by molar-refractivity contribution is -0.140. The van der Waals surface area contributed by atoms with Gasteiger partial charge in [-0.3, -0.25) is 9.59 Å². The first-order chi connectivity index (χ1) is 4.18. The van der Waals surface area contributed by atoms with Crippen molar-refractivity contribution in [2.75, 3.05) is 6.26 Å². The number of hydrogen-bond donors (Lipinski definition) is 0. The van der Waals surface area contributed by atoms with E-state index in [2.05, 4.69) is 4.74 Å². The molecule has 0 heterocycles. The first kappa shape index (κ1) is 8.49. The maximum Gasteiger partial charge on any atom is 0.294 e. The molecular weight excluding hydrogens is 140 g/mol. The van der Waals surface area contributed by atoms with Crippen molar-refractivity contribution in [3.05, 3.63) is 0 Å². The molecule has 0 bridgehead atoms.